The summed E-state index contributed by atoms with van der Waals surface area (Å²) in [5.74, 6) is 0.352. The number of benzene rings is 1. The zero-order valence-corrected chi connectivity index (χ0v) is 13.4. The van der Waals surface area contributed by atoms with Gasteiger partial charge in [0.1, 0.15) is 5.69 Å². The summed E-state index contributed by atoms with van der Waals surface area (Å²) < 4.78 is 1.86. The molecule has 4 rings (SSSR count). The Hall–Kier alpha value is -3.61. The molecule has 0 atom stereocenters. The fourth-order valence-corrected chi connectivity index (χ4v) is 2.40. The van der Waals surface area contributed by atoms with Gasteiger partial charge >= 0.3 is 0 Å². The summed E-state index contributed by atoms with van der Waals surface area (Å²) in [5, 5.41) is 2.80. The van der Waals surface area contributed by atoms with Crippen molar-refractivity contribution in [1.29, 1.82) is 0 Å². The van der Waals surface area contributed by atoms with Crippen LogP contribution < -0.4 is 5.32 Å². The van der Waals surface area contributed by atoms with E-state index in [1.54, 1.807) is 12.4 Å². The summed E-state index contributed by atoms with van der Waals surface area (Å²) in [7, 11) is 0. The Morgan fingerprint density at radius 2 is 1.92 bits per heavy atom. The first-order valence-corrected chi connectivity index (χ1v) is 7.69. The molecule has 4 aromatic rings. The molecule has 0 aliphatic rings. The second kappa shape index (κ2) is 6.12. The van der Waals surface area contributed by atoms with Crippen LogP contribution in [0.2, 0.25) is 0 Å². The van der Waals surface area contributed by atoms with Gasteiger partial charge in [-0.1, -0.05) is 12.1 Å². The van der Waals surface area contributed by atoms with E-state index in [0.717, 1.165) is 17.0 Å². The van der Waals surface area contributed by atoms with Crippen molar-refractivity contribution in [3.8, 4) is 11.3 Å². The molecule has 0 saturated carbocycles. The zero-order chi connectivity index (χ0) is 17.2. The monoisotopic (exact) mass is 330 g/mol. The summed E-state index contributed by atoms with van der Waals surface area (Å²) in [6, 6.07) is 9.31. The predicted octanol–water partition coefficient (Wildman–Crippen LogP) is 2.75. The highest BCUT2D eigenvalue weighted by Crippen LogP contribution is 2.21. The van der Waals surface area contributed by atoms with E-state index in [0.29, 0.717) is 11.5 Å². The number of nitrogens with zero attached hydrogens (tertiary/aromatic N) is 5. The molecule has 1 N–H and O–H groups in total. The van der Waals surface area contributed by atoms with Crippen LogP contribution in [0, 0.1) is 6.92 Å². The van der Waals surface area contributed by atoms with Gasteiger partial charge < -0.3 is 5.32 Å². The van der Waals surface area contributed by atoms with Crippen LogP contribution >= 0.6 is 0 Å². The van der Waals surface area contributed by atoms with E-state index in [1.807, 2.05) is 54.0 Å². The van der Waals surface area contributed by atoms with Crippen LogP contribution in [0.4, 0.5) is 5.69 Å². The molecule has 0 unspecified atom stereocenters. The minimum absolute atomic E-state index is 0.279. The maximum absolute atomic E-state index is 12.2. The number of rotatable bonds is 3. The van der Waals surface area contributed by atoms with Gasteiger partial charge in [-0.05, 0) is 25.1 Å². The molecule has 0 aliphatic heterocycles. The lowest BCUT2D eigenvalue weighted by atomic mass is 10.1. The SMILES string of the molecule is Cc1cnc(C(=O)Nc2ccc(-c3cn4cccnc4n3)cc2)cn1. The van der Waals surface area contributed by atoms with Crippen LogP contribution in [-0.2, 0) is 0 Å². The lowest BCUT2D eigenvalue weighted by molar-refractivity contribution is 0.102. The number of imidazole rings is 1. The van der Waals surface area contributed by atoms with Gasteiger partial charge in [0.05, 0.1) is 17.6 Å². The maximum Gasteiger partial charge on any atom is 0.275 e. The number of carbonyl (C=O) groups is 1. The second-order valence-electron chi connectivity index (χ2n) is 5.53. The molecule has 7 nitrogen and oxygen atoms in total. The molecule has 7 heteroatoms. The molecule has 3 aromatic heterocycles. The molecular formula is C18H14N6O. The highest BCUT2D eigenvalue weighted by molar-refractivity contribution is 6.02. The number of hydrogen-bond acceptors (Lipinski definition) is 5. The molecule has 1 aromatic carbocycles. The normalized spacial score (nSPS) is 10.8. The Morgan fingerprint density at radius 1 is 1.08 bits per heavy atom. The van der Waals surface area contributed by atoms with E-state index in [9.17, 15) is 4.79 Å². The molecule has 0 aliphatic carbocycles. The first kappa shape index (κ1) is 14.9. The van der Waals surface area contributed by atoms with Gasteiger partial charge in [0, 0.05) is 36.0 Å². The number of carbonyl (C=O) groups excluding carboxylic acids is 1. The summed E-state index contributed by atoms with van der Waals surface area (Å²) >= 11 is 0. The quantitative estimate of drug-likeness (QED) is 0.624. The van der Waals surface area contributed by atoms with Crippen molar-refractivity contribution in [3.63, 3.8) is 0 Å². The Labute approximate surface area is 143 Å². The van der Waals surface area contributed by atoms with Crippen LogP contribution in [0.5, 0.6) is 0 Å². The van der Waals surface area contributed by atoms with E-state index in [4.69, 9.17) is 0 Å². The molecule has 0 radical (unpaired) electrons. The Morgan fingerprint density at radius 3 is 2.64 bits per heavy atom. The smallest absolute Gasteiger partial charge is 0.275 e. The fourth-order valence-electron chi connectivity index (χ4n) is 2.40. The fraction of sp³-hybridized carbons (Fsp3) is 0.0556. The Balaban J connectivity index is 1.53. The third-order valence-electron chi connectivity index (χ3n) is 3.69. The van der Waals surface area contributed by atoms with Crippen molar-refractivity contribution in [2.24, 2.45) is 0 Å². The molecular weight excluding hydrogens is 316 g/mol. The average molecular weight is 330 g/mol. The largest absolute Gasteiger partial charge is 0.321 e. The van der Waals surface area contributed by atoms with Crippen LogP contribution in [0.25, 0.3) is 17.0 Å². The summed E-state index contributed by atoms with van der Waals surface area (Å²) in [4.78, 5) is 29.0. The van der Waals surface area contributed by atoms with E-state index >= 15 is 0 Å². The number of nitrogens with one attached hydrogen (secondary N) is 1. The number of aryl methyl sites for hydroxylation is 1. The highest BCUT2D eigenvalue weighted by atomic mass is 16.1. The number of hydrogen-bond donors (Lipinski definition) is 1. The van der Waals surface area contributed by atoms with Crippen LogP contribution in [0.15, 0.2) is 61.3 Å². The number of fused-ring (bicyclic) bond motifs is 1. The van der Waals surface area contributed by atoms with E-state index in [1.165, 1.54) is 6.20 Å². The lowest BCUT2D eigenvalue weighted by Crippen LogP contribution is -2.14. The predicted molar refractivity (Wildman–Crippen MR) is 93.1 cm³/mol. The van der Waals surface area contributed by atoms with E-state index in [2.05, 4.69) is 25.3 Å². The molecule has 1 amide bonds. The molecule has 0 bridgehead atoms. The van der Waals surface area contributed by atoms with Gasteiger partial charge in [0.25, 0.3) is 5.91 Å². The molecule has 0 fully saturated rings. The zero-order valence-electron chi connectivity index (χ0n) is 13.4. The second-order valence-corrected chi connectivity index (χ2v) is 5.53. The maximum atomic E-state index is 12.2. The highest BCUT2D eigenvalue weighted by Gasteiger charge is 2.09. The number of aromatic nitrogens is 5. The van der Waals surface area contributed by atoms with Crippen LogP contribution in [0.1, 0.15) is 16.2 Å². The van der Waals surface area contributed by atoms with Crippen molar-refractivity contribution >= 4 is 17.4 Å². The first-order valence-electron chi connectivity index (χ1n) is 7.69. The molecule has 0 spiro atoms. The number of amides is 1. The standard InChI is InChI=1S/C18H14N6O/c1-12-9-21-15(10-20-12)17(25)22-14-5-3-13(4-6-14)16-11-24-8-2-7-19-18(24)23-16/h2-11H,1H3,(H,22,25). The minimum atomic E-state index is -0.294. The lowest BCUT2D eigenvalue weighted by Gasteiger charge is -2.05. The Bertz CT molecular complexity index is 1000. The van der Waals surface area contributed by atoms with Crippen molar-refractivity contribution < 1.29 is 4.79 Å². The molecule has 0 saturated heterocycles. The molecule has 25 heavy (non-hydrogen) atoms. The minimum Gasteiger partial charge on any atom is -0.321 e. The van der Waals surface area contributed by atoms with Gasteiger partial charge in [-0.25, -0.2) is 15.0 Å². The molecule has 122 valence electrons. The summed E-state index contributed by atoms with van der Waals surface area (Å²) in [6.07, 6.45) is 8.55. The topological polar surface area (TPSA) is 85.1 Å². The van der Waals surface area contributed by atoms with Gasteiger partial charge in [-0.15, -0.1) is 0 Å². The van der Waals surface area contributed by atoms with Gasteiger partial charge in [0.15, 0.2) is 0 Å². The van der Waals surface area contributed by atoms with E-state index in [-0.39, 0.29) is 11.6 Å². The first-order chi connectivity index (χ1) is 12.2. The third-order valence-corrected chi connectivity index (χ3v) is 3.69. The van der Waals surface area contributed by atoms with Crippen LogP contribution in [-0.4, -0.2) is 30.2 Å². The van der Waals surface area contributed by atoms with Crippen LogP contribution in [0.3, 0.4) is 0 Å². The van der Waals surface area contributed by atoms with Gasteiger partial charge in [0.2, 0.25) is 5.78 Å². The summed E-state index contributed by atoms with van der Waals surface area (Å²) in [6.45, 7) is 1.82. The van der Waals surface area contributed by atoms with Crippen molar-refractivity contribution in [2.45, 2.75) is 6.92 Å². The van der Waals surface area contributed by atoms with E-state index < -0.39 is 0 Å². The Kier molecular flexibility index (Phi) is 3.66. The van der Waals surface area contributed by atoms with Gasteiger partial charge in [-0.3, -0.25) is 14.2 Å². The average Bonchev–Trinajstić information content (AvgIpc) is 3.07. The van der Waals surface area contributed by atoms with Crippen molar-refractivity contribution in [2.75, 3.05) is 5.32 Å². The third kappa shape index (κ3) is 3.07. The van der Waals surface area contributed by atoms with Crippen molar-refractivity contribution in [3.05, 3.63) is 72.7 Å². The van der Waals surface area contributed by atoms with Crippen molar-refractivity contribution in [1.82, 2.24) is 24.3 Å². The number of anilines is 1. The summed E-state index contributed by atoms with van der Waals surface area (Å²) in [5.41, 5.74) is 3.49. The molecule has 3 heterocycles. The van der Waals surface area contributed by atoms with Gasteiger partial charge in [-0.2, -0.15) is 0 Å².